The third kappa shape index (κ3) is 5.74. The van der Waals surface area contributed by atoms with Gasteiger partial charge in [0.15, 0.2) is 11.5 Å². The minimum Gasteiger partial charge on any atom is -0.450 e. The molecule has 1 aromatic carbocycles. The van der Waals surface area contributed by atoms with Crippen LogP contribution in [0.4, 0.5) is 26.8 Å². The summed E-state index contributed by atoms with van der Waals surface area (Å²) < 4.78 is 13.3. The summed E-state index contributed by atoms with van der Waals surface area (Å²) in [5.74, 6) is 1.45. The lowest BCUT2D eigenvalue weighted by molar-refractivity contribution is 0.0303. The molecule has 3 aromatic heterocycles. The molecule has 13 nitrogen and oxygen atoms in total. The molecule has 228 valence electrons. The van der Waals surface area contributed by atoms with Crippen LogP contribution in [0.3, 0.4) is 0 Å². The van der Waals surface area contributed by atoms with Gasteiger partial charge in [-0.05, 0) is 69.0 Å². The molecular formula is C31H35N9O4. The summed E-state index contributed by atoms with van der Waals surface area (Å²) >= 11 is 0. The first-order valence-corrected chi connectivity index (χ1v) is 15.2. The van der Waals surface area contributed by atoms with Crippen molar-refractivity contribution in [3.05, 3.63) is 55.0 Å². The maximum atomic E-state index is 12.5. The van der Waals surface area contributed by atoms with Gasteiger partial charge in [-0.2, -0.15) is 5.10 Å². The summed E-state index contributed by atoms with van der Waals surface area (Å²) in [4.78, 5) is 43.0. The first-order chi connectivity index (χ1) is 21.5. The minimum absolute atomic E-state index is 0.0968. The Balaban J connectivity index is 1.17. The van der Waals surface area contributed by atoms with Crippen LogP contribution in [0.1, 0.15) is 38.6 Å². The summed E-state index contributed by atoms with van der Waals surface area (Å²) in [6.07, 6.45) is 8.88. The monoisotopic (exact) mass is 597 g/mol. The average molecular weight is 598 g/mol. The number of nitrogens with one attached hydrogen (secondary N) is 2. The molecule has 3 aliphatic heterocycles. The van der Waals surface area contributed by atoms with Crippen LogP contribution in [0.2, 0.25) is 0 Å². The molecule has 0 radical (unpaired) electrons. The third-order valence-electron chi connectivity index (χ3n) is 8.43. The van der Waals surface area contributed by atoms with Crippen molar-refractivity contribution in [2.75, 3.05) is 48.3 Å². The van der Waals surface area contributed by atoms with Gasteiger partial charge in [-0.1, -0.05) is 0 Å². The van der Waals surface area contributed by atoms with Crippen LogP contribution in [0.15, 0.2) is 55.0 Å². The Hall–Kier alpha value is -4.78. The number of fused-ring (bicyclic) bond motifs is 3. The summed E-state index contributed by atoms with van der Waals surface area (Å²) in [5, 5.41) is 11.3. The number of carbonyl (C=O) groups is 2. The van der Waals surface area contributed by atoms with Gasteiger partial charge in [0.2, 0.25) is 0 Å². The number of hydrogen-bond acceptors (Lipinski definition) is 9. The highest BCUT2D eigenvalue weighted by Crippen LogP contribution is 2.35. The van der Waals surface area contributed by atoms with Crippen molar-refractivity contribution in [2.24, 2.45) is 0 Å². The standard InChI is InChI=1S/C31H35N9O4/c1-2-43-31(42)38-14-11-23(12-15-38)40-29-26(17-33-40)28(39-18-24-9-10-25(19-39)44-24)36-27(37-29)20-5-7-21(8-6-20)34-30(41)35-22-4-3-13-32-16-22/h3-8,13,16-17,23-25H,2,9-12,14-15,18-19H2,1H3,(H2,34,35,41). The van der Waals surface area contributed by atoms with Crippen LogP contribution < -0.4 is 15.5 Å². The molecule has 2 N–H and O–H groups in total. The molecule has 0 spiro atoms. The van der Waals surface area contributed by atoms with Gasteiger partial charge in [0, 0.05) is 43.6 Å². The summed E-state index contributed by atoms with van der Waals surface area (Å²) in [6.45, 7) is 4.95. The molecule has 3 amide bonds. The van der Waals surface area contributed by atoms with Crippen molar-refractivity contribution in [1.29, 1.82) is 0 Å². The molecule has 2 bridgehead atoms. The van der Waals surface area contributed by atoms with Crippen molar-refractivity contribution in [3.8, 4) is 11.4 Å². The Morgan fingerprint density at radius 3 is 2.41 bits per heavy atom. The van der Waals surface area contributed by atoms with Gasteiger partial charge in [-0.3, -0.25) is 4.98 Å². The molecule has 0 aliphatic carbocycles. The fraction of sp³-hybridized carbons (Fsp3) is 0.419. The van der Waals surface area contributed by atoms with E-state index in [1.807, 2.05) is 42.1 Å². The number of benzene rings is 1. The quantitative estimate of drug-likeness (QED) is 0.324. The van der Waals surface area contributed by atoms with E-state index in [0.29, 0.717) is 36.9 Å². The number of aromatic nitrogens is 5. The predicted molar refractivity (Wildman–Crippen MR) is 165 cm³/mol. The number of likely N-dealkylation sites (tertiary alicyclic amines) is 1. The Bertz CT molecular complexity index is 1630. The second-order valence-electron chi connectivity index (χ2n) is 11.4. The number of ether oxygens (including phenoxy) is 2. The number of hydrogen-bond donors (Lipinski definition) is 2. The molecule has 2 atom stereocenters. The normalized spacial score (nSPS) is 20.1. The lowest BCUT2D eigenvalue weighted by Crippen LogP contribution is -2.43. The maximum absolute atomic E-state index is 12.5. The van der Waals surface area contributed by atoms with Gasteiger partial charge >= 0.3 is 12.1 Å². The van der Waals surface area contributed by atoms with Crippen LogP contribution >= 0.6 is 0 Å². The highest BCUT2D eigenvalue weighted by Gasteiger charge is 2.36. The highest BCUT2D eigenvalue weighted by atomic mass is 16.6. The molecule has 4 aromatic rings. The first kappa shape index (κ1) is 28.0. The zero-order valence-corrected chi connectivity index (χ0v) is 24.6. The van der Waals surface area contributed by atoms with Crippen LogP contribution in [-0.4, -0.2) is 86.8 Å². The minimum atomic E-state index is -0.356. The second kappa shape index (κ2) is 12.1. The number of piperidine rings is 1. The van der Waals surface area contributed by atoms with Crippen LogP contribution in [0.5, 0.6) is 0 Å². The molecule has 3 aliphatic rings. The van der Waals surface area contributed by atoms with E-state index in [4.69, 9.17) is 24.5 Å². The van der Waals surface area contributed by atoms with Gasteiger partial charge in [0.25, 0.3) is 0 Å². The number of nitrogens with zero attached hydrogens (tertiary/aromatic N) is 7. The zero-order chi connectivity index (χ0) is 30.0. The van der Waals surface area contributed by atoms with Crippen LogP contribution in [0, 0.1) is 0 Å². The number of pyridine rings is 1. The van der Waals surface area contributed by atoms with Crippen molar-refractivity contribution in [1.82, 2.24) is 29.6 Å². The molecule has 44 heavy (non-hydrogen) atoms. The van der Waals surface area contributed by atoms with Crippen molar-refractivity contribution < 1.29 is 19.1 Å². The maximum Gasteiger partial charge on any atom is 0.409 e. The molecule has 6 heterocycles. The average Bonchev–Trinajstić information content (AvgIpc) is 3.63. The topological polar surface area (TPSA) is 140 Å². The van der Waals surface area contributed by atoms with Crippen molar-refractivity contribution in [2.45, 2.75) is 50.9 Å². The second-order valence-corrected chi connectivity index (χ2v) is 11.4. The lowest BCUT2D eigenvalue weighted by atomic mass is 10.1. The number of rotatable bonds is 6. The van der Waals surface area contributed by atoms with Gasteiger partial charge in [-0.25, -0.2) is 24.2 Å². The Kier molecular flexibility index (Phi) is 7.69. The fourth-order valence-electron chi connectivity index (χ4n) is 6.28. The Labute approximate surface area is 254 Å². The van der Waals surface area contributed by atoms with E-state index in [1.165, 1.54) is 0 Å². The van der Waals surface area contributed by atoms with Crippen LogP contribution in [-0.2, 0) is 9.47 Å². The van der Waals surface area contributed by atoms with Gasteiger partial charge in [0.05, 0.1) is 48.3 Å². The summed E-state index contributed by atoms with van der Waals surface area (Å²) in [6, 6.07) is 10.8. The SMILES string of the molecule is CCOC(=O)N1CCC(n2ncc3c(N4CC5CCC(C4)O5)nc(-c4ccc(NC(=O)Nc5cccnc5)cc4)nc32)CC1. The van der Waals surface area contributed by atoms with Gasteiger partial charge in [-0.15, -0.1) is 0 Å². The number of anilines is 3. The number of amides is 3. The molecule has 0 saturated carbocycles. The molecule has 3 fully saturated rings. The molecular weight excluding hydrogens is 562 g/mol. The van der Waals surface area contributed by atoms with Crippen molar-refractivity contribution in [3.63, 3.8) is 0 Å². The van der Waals surface area contributed by atoms with Crippen molar-refractivity contribution >= 4 is 40.4 Å². The number of urea groups is 1. The largest absolute Gasteiger partial charge is 0.450 e. The van der Waals surface area contributed by atoms with E-state index in [1.54, 1.807) is 29.4 Å². The first-order valence-electron chi connectivity index (χ1n) is 15.2. The fourth-order valence-corrected chi connectivity index (χ4v) is 6.28. The smallest absolute Gasteiger partial charge is 0.409 e. The summed E-state index contributed by atoms with van der Waals surface area (Å²) in [7, 11) is 0. The van der Waals surface area contributed by atoms with Crippen LogP contribution in [0.25, 0.3) is 22.4 Å². The molecule has 7 rings (SSSR count). The number of morpholine rings is 1. The Morgan fingerprint density at radius 2 is 1.70 bits per heavy atom. The van der Waals surface area contributed by atoms with E-state index in [0.717, 1.165) is 61.2 Å². The van der Waals surface area contributed by atoms with E-state index in [9.17, 15) is 9.59 Å². The Morgan fingerprint density at radius 1 is 0.955 bits per heavy atom. The van der Waals surface area contributed by atoms with E-state index in [2.05, 4.69) is 20.5 Å². The highest BCUT2D eigenvalue weighted by molar-refractivity contribution is 5.99. The summed E-state index contributed by atoms with van der Waals surface area (Å²) in [5.41, 5.74) is 2.85. The van der Waals surface area contributed by atoms with Gasteiger partial charge < -0.3 is 29.9 Å². The van der Waals surface area contributed by atoms with E-state index in [-0.39, 0.29) is 30.4 Å². The lowest BCUT2D eigenvalue weighted by Gasteiger charge is -2.33. The van der Waals surface area contributed by atoms with E-state index >= 15 is 0 Å². The van der Waals surface area contributed by atoms with E-state index < -0.39 is 0 Å². The molecule has 2 unspecified atom stereocenters. The predicted octanol–water partition coefficient (Wildman–Crippen LogP) is 4.69. The third-order valence-corrected chi connectivity index (χ3v) is 8.43. The molecule has 13 heteroatoms. The molecule has 3 saturated heterocycles. The zero-order valence-electron chi connectivity index (χ0n) is 24.6. The number of carbonyl (C=O) groups excluding carboxylic acids is 2. The van der Waals surface area contributed by atoms with Gasteiger partial charge in [0.1, 0.15) is 5.82 Å².